The number of hydrogen-bond acceptors (Lipinski definition) is 4. The largest absolute Gasteiger partial charge is 0.468 e. The van der Waals surface area contributed by atoms with Crippen LogP contribution in [0.15, 0.2) is 22.7 Å². The van der Waals surface area contributed by atoms with Crippen LogP contribution >= 0.6 is 15.9 Å². The molecule has 0 saturated heterocycles. The number of halogens is 1. The van der Waals surface area contributed by atoms with Gasteiger partial charge in [0.1, 0.15) is 0 Å². The highest BCUT2D eigenvalue weighted by Gasteiger charge is 2.32. The Hall–Kier alpha value is -1.36. The van der Waals surface area contributed by atoms with E-state index < -0.39 is 11.4 Å². The van der Waals surface area contributed by atoms with Gasteiger partial charge in [-0.25, -0.2) is 4.79 Å². The summed E-state index contributed by atoms with van der Waals surface area (Å²) in [5, 5.41) is 0. The van der Waals surface area contributed by atoms with Crippen LogP contribution in [0.4, 0.5) is 0 Å². The van der Waals surface area contributed by atoms with Gasteiger partial charge in [0.05, 0.1) is 25.2 Å². The van der Waals surface area contributed by atoms with Gasteiger partial charge < -0.3 is 9.47 Å². The number of esters is 2. The predicted molar refractivity (Wildman–Crippen MR) is 70.5 cm³/mol. The summed E-state index contributed by atoms with van der Waals surface area (Å²) < 4.78 is 10.1. The van der Waals surface area contributed by atoms with Crippen LogP contribution in [0, 0.1) is 0 Å². The normalized spacial score (nSPS) is 10.9. The van der Waals surface area contributed by atoms with Crippen molar-refractivity contribution in [2.24, 2.45) is 0 Å². The minimum absolute atomic E-state index is 0.339. The van der Waals surface area contributed by atoms with Crippen LogP contribution < -0.4 is 0 Å². The molecular formula is C13H15BrO4. The first-order chi connectivity index (χ1) is 8.34. The molecule has 0 atom stereocenters. The van der Waals surface area contributed by atoms with Crippen molar-refractivity contribution >= 4 is 27.9 Å². The van der Waals surface area contributed by atoms with Crippen LogP contribution in [-0.4, -0.2) is 26.2 Å². The number of carbonyl (C=O) groups excluding carboxylic acids is 2. The molecule has 1 aromatic rings. The van der Waals surface area contributed by atoms with E-state index in [9.17, 15) is 9.59 Å². The molecule has 0 bridgehead atoms. The summed E-state index contributed by atoms with van der Waals surface area (Å²) in [5.41, 5.74) is 0.387. The molecule has 4 nitrogen and oxygen atoms in total. The SMILES string of the molecule is COC(=O)c1ccc(C(C)(C)C(=O)OC)c(Br)c1. The zero-order valence-corrected chi connectivity index (χ0v) is 12.3. The van der Waals surface area contributed by atoms with Crippen molar-refractivity contribution in [2.75, 3.05) is 14.2 Å². The molecule has 18 heavy (non-hydrogen) atoms. The van der Waals surface area contributed by atoms with Crippen molar-refractivity contribution in [3.63, 3.8) is 0 Å². The van der Waals surface area contributed by atoms with Gasteiger partial charge in [-0.1, -0.05) is 22.0 Å². The molecule has 0 aromatic heterocycles. The van der Waals surface area contributed by atoms with Crippen LogP contribution in [0.1, 0.15) is 29.8 Å². The molecule has 0 heterocycles. The second-order valence-corrected chi connectivity index (χ2v) is 5.16. The second-order valence-electron chi connectivity index (χ2n) is 4.30. The lowest BCUT2D eigenvalue weighted by molar-refractivity contribution is -0.146. The third kappa shape index (κ3) is 2.72. The van der Waals surface area contributed by atoms with Crippen molar-refractivity contribution < 1.29 is 19.1 Å². The summed E-state index contributed by atoms with van der Waals surface area (Å²) in [6.07, 6.45) is 0. The van der Waals surface area contributed by atoms with Crippen molar-refractivity contribution in [3.05, 3.63) is 33.8 Å². The number of carbonyl (C=O) groups is 2. The van der Waals surface area contributed by atoms with Gasteiger partial charge >= 0.3 is 11.9 Å². The molecule has 0 radical (unpaired) electrons. The van der Waals surface area contributed by atoms with Gasteiger partial charge in [0.25, 0.3) is 0 Å². The number of benzene rings is 1. The van der Waals surface area contributed by atoms with E-state index in [1.165, 1.54) is 14.2 Å². The summed E-state index contributed by atoms with van der Waals surface area (Å²) in [5.74, 6) is -0.757. The lowest BCUT2D eigenvalue weighted by atomic mass is 9.84. The summed E-state index contributed by atoms with van der Waals surface area (Å²) in [7, 11) is 2.67. The predicted octanol–water partition coefficient (Wildman–Crippen LogP) is 2.69. The second kappa shape index (κ2) is 5.52. The fraction of sp³-hybridized carbons (Fsp3) is 0.385. The summed E-state index contributed by atoms with van der Waals surface area (Å²) in [6, 6.07) is 4.97. The van der Waals surface area contributed by atoms with E-state index in [1.54, 1.807) is 32.0 Å². The molecule has 5 heteroatoms. The first-order valence-corrected chi connectivity index (χ1v) is 6.10. The number of methoxy groups -OCH3 is 2. The molecule has 0 aliphatic heterocycles. The van der Waals surface area contributed by atoms with Gasteiger partial charge in [-0.3, -0.25) is 4.79 Å². The van der Waals surface area contributed by atoms with Gasteiger partial charge in [0.2, 0.25) is 0 Å². The first-order valence-electron chi connectivity index (χ1n) is 5.31. The summed E-state index contributed by atoms with van der Waals surface area (Å²) >= 11 is 3.36. The Morgan fingerprint density at radius 1 is 1.17 bits per heavy atom. The topological polar surface area (TPSA) is 52.6 Å². The van der Waals surface area contributed by atoms with Gasteiger partial charge in [-0.15, -0.1) is 0 Å². The molecule has 1 aromatic carbocycles. The van der Waals surface area contributed by atoms with E-state index in [1.807, 2.05) is 0 Å². The molecule has 0 fully saturated rings. The smallest absolute Gasteiger partial charge is 0.337 e. The van der Waals surface area contributed by atoms with E-state index in [0.29, 0.717) is 10.0 Å². The minimum Gasteiger partial charge on any atom is -0.468 e. The number of hydrogen-bond donors (Lipinski definition) is 0. The molecule has 0 saturated carbocycles. The Balaban J connectivity index is 3.21. The number of ether oxygens (including phenoxy) is 2. The Kier molecular flexibility index (Phi) is 4.51. The third-order valence-corrected chi connectivity index (χ3v) is 3.42. The highest BCUT2D eigenvalue weighted by molar-refractivity contribution is 9.10. The van der Waals surface area contributed by atoms with Crippen molar-refractivity contribution in [2.45, 2.75) is 19.3 Å². The fourth-order valence-electron chi connectivity index (χ4n) is 1.63. The molecule has 0 N–H and O–H groups in total. The monoisotopic (exact) mass is 314 g/mol. The number of rotatable bonds is 3. The van der Waals surface area contributed by atoms with Gasteiger partial charge in [-0.05, 0) is 31.5 Å². The van der Waals surface area contributed by atoms with Crippen molar-refractivity contribution in [1.82, 2.24) is 0 Å². The molecule has 1 rings (SSSR count). The zero-order valence-electron chi connectivity index (χ0n) is 10.7. The molecule has 0 amide bonds. The van der Waals surface area contributed by atoms with Gasteiger partial charge in [0.15, 0.2) is 0 Å². The van der Waals surface area contributed by atoms with Crippen LogP contribution in [0.2, 0.25) is 0 Å². The van der Waals surface area contributed by atoms with Crippen LogP contribution in [0.3, 0.4) is 0 Å². The van der Waals surface area contributed by atoms with Gasteiger partial charge in [-0.2, -0.15) is 0 Å². The Morgan fingerprint density at radius 2 is 1.78 bits per heavy atom. The average Bonchev–Trinajstić information content (AvgIpc) is 2.36. The van der Waals surface area contributed by atoms with E-state index in [4.69, 9.17) is 4.74 Å². The summed E-state index contributed by atoms with van der Waals surface area (Å²) in [6.45, 7) is 3.52. The molecule has 0 spiro atoms. The van der Waals surface area contributed by atoms with Crippen LogP contribution in [0.5, 0.6) is 0 Å². The average molecular weight is 315 g/mol. The first kappa shape index (κ1) is 14.7. The Labute approximate surface area is 114 Å². The Morgan fingerprint density at radius 3 is 2.22 bits per heavy atom. The standard InChI is InChI=1S/C13H15BrO4/c1-13(2,12(16)18-4)9-6-5-8(7-10(9)14)11(15)17-3/h5-7H,1-4H3. The highest BCUT2D eigenvalue weighted by atomic mass is 79.9. The van der Waals surface area contributed by atoms with E-state index in [-0.39, 0.29) is 5.97 Å². The lowest BCUT2D eigenvalue weighted by Crippen LogP contribution is -2.30. The maximum absolute atomic E-state index is 11.7. The van der Waals surface area contributed by atoms with Crippen LogP contribution in [0.25, 0.3) is 0 Å². The minimum atomic E-state index is -0.789. The molecule has 98 valence electrons. The Bertz CT molecular complexity index is 480. The van der Waals surface area contributed by atoms with E-state index in [2.05, 4.69) is 20.7 Å². The van der Waals surface area contributed by atoms with Crippen molar-refractivity contribution in [1.29, 1.82) is 0 Å². The maximum atomic E-state index is 11.7. The zero-order chi connectivity index (χ0) is 13.9. The van der Waals surface area contributed by atoms with E-state index >= 15 is 0 Å². The molecule has 0 unspecified atom stereocenters. The van der Waals surface area contributed by atoms with Crippen LogP contribution in [-0.2, 0) is 19.7 Å². The molecular weight excluding hydrogens is 300 g/mol. The van der Waals surface area contributed by atoms with E-state index in [0.717, 1.165) is 5.56 Å². The maximum Gasteiger partial charge on any atom is 0.337 e. The molecule has 0 aliphatic rings. The van der Waals surface area contributed by atoms with Gasteiger partial charge in [0, 0.05) is 4.47 Å². The quantitative estimate of drug-likeness (QED) is 0.805. The lowest BCUT2D eigenvalue weighted by Gasteiger charge is -2.23. The third-order valence-electron chi connectivity index (χ3n) is 2.76. The fourth-order valence-corrected chi connectivity index (χ4v) is 2.51. The van der Waals surface area contributed by atoms with Crippen molar-refractivity contribution in [3.8, 4) is 0 Å². The highest BCUT2D eigenvalue weighted by Crippen LogP contribution is 2.32. The molecule has 0 aliphatic carbocycles. The summed E-state index contributed by atoms with van der Waals surface area (Å²) in [4.78, 5) is 23.1.